The van der Waals surface area contributed by atoms with Crippen LogP contribution in [0.2, 0.25) is 0 Å². The highest BCUT2D eigenvalue weighted by atomic mass is 32.1. The number of rotatable bonds is 5. The molecule has 0 saturated carbocycles. The summed E-state index contributed by atoms with van der Waals surface area (Å²) in [7, 11) is 3.41. The number of benzene rings is 3. The molecule has 9 heteroatoms. The first-order valence-electron chi connectivity index (χ1n) is 11.7. The fourth-order valence-corrected chi connectivity index (χ4v) is 5.58. The zero-order chi connectivity index (χ0) is 25.7. The van der Waals surface area contributed by atoms with Gasteiger partial charge < -0.3 is 10.1 Å². The molecule has 0 saturated heterocycles. The number of nitrogens with zero attached hydrogens (tertiary/aromatic N) is 4. The van der Waals surface area contributed by atoms with Crippen LogP contribution in [-0.2, 0) is 18.4 Å². The van der Waals surface area contributed by atoms with E-state index in [1.165, 1.54) is 18.3 Å². The summed E-state index contributed by atoms with van der Waals surface area (Å²) in [6.45, 7) is 1.90. The smallest absolute Gasteiger partial charge is 0.329 e. The van der Waals surface area contributed by atoms with E-state index in [1.54, 1.807) is 29.5 Å². The van der Waals surface area contributed by atoms with Crippen LogP contribution >= 0.6 is 11.3 Å². The summed E-state index contributed by atoms with van der Waals surface area (Å²) in [5.41, 5.74) is 6.21. The number of amides is 1. The fraction of sp³-hybridized carbons (Fsp3) is 0.143. The molecule has 3 aromatic heterocycles. The molecule has 0 aliphatic carbocycles. The van der Waals surface area contributed by atoms with Gasteiger partial charge >= 0.3 is 5.69 Å². The Morgan fingerprint density at radius 1 is 1.03 bits per heavy atom. The molecule has 3 aromatic carbocycles. The summed E-state index contributed by atoms with van der Waals surface area (Å²) in [5.74, 6) is 0.629. The van der Waals surface area contributed by atoms with Crippen molar-refractivity contribution in [1.82, 2.24) is 19.1 Å². The average molecular weight is 510 g/mol. The molecule has 0 unspecified atom stereocenters. The summed E-state index contributed by atoms with van der Waals surface area (Å²) in [6.07, 6.45) is 1.76. The lowest BCUT2D eigenvalue weighted by Gasteiger charge is -2.09. The molecule has 6 aromatic rings. The molecule has 0 spiro atoms. The number of hydrogen-bond donors (Lipinski definition) is 1. The van der Waals surface area contributed by atoms with Crippen LogP contribution < -0.4 is 15.7 Å². The molecule has 0 aliphatic rings. The van der Waals surface area contributed by atoms with E-state index in [2.05, 4.69) is 27.4 Å². The largest absolute Gasteiger partial charge is 0.497 e. The lowest BCUT2D eigenvalue weighted by Crippen LogP contribution is -2.22. The van der Waals surface area contributed by atoms with Gasteiger partial charge in [0, 0.05) is 19.4 Å². The van der Waals surface area contributed by atoms with Crippen LogP contribution in [0.25, 0.3) is 43.3 Å². The van der Waals surface area contributed by atoms with Gasteiger partial charge in [-0.2, -0.15) is 0 Å². The first-order valence-corrected chi connectivity index (χ1v) is 12.5. The molecule has 0 fully saturated rings. The molecule has 3 heterocycles. The summed E-state index contributed by atoms with van der Waals surface area (Å²) in [5, 5.41) is 4.24. The number of ether oxygens (including phenoxy) is 1. The van der Waals surface area contributed by atoms with Crippen molar-refractivity contribution in [3.05, 3.63) is 82.9 Å². The van der Waals surface area contributed by atoms with Gasteiger partial charge in [0.15, 0.2) is 5.13 Å². The van der Waals surface area contributed by atoms with E-state index in [-0.39, 0.29) is 11.6 Å². The van der Waals surface area contributed by atoms with E-state index in [9.17, 15) is 9.59 Å². The molecular weight excluding hydrogens is 486 g/mol. The molecule has 1 N–H and O–H groups in total. The maximum atomic E-state index is 13.3. The third-order valence-corrected chi connectivity index (χ3v) is 7.41. The van der Waals surface area contributed by atoms with Crippen molar-refractivity contribution in [3.63, 3.8) is 0 Å². The Kier molecular flexibility index (Phi) is 5.49. The third-order valence-electron chi connectivity index (χ3n) is 6.47. The number of nitrogens with one attached hydrogen (secondary N) is 1. The minimum Gasteiger partial charge on any atom is -0.497 e. The van der Waals surface area contributed by atoms with Crippen LogP contribution in [0.4, 0.5) is 5.13 Å². The van der Waals surface area contributed by atoms with Crippen LogP contribution in [0.15, 0.2) is 71.7 Å². The number of pyridine rings is 1. The Balaban J connectivity index is 1.49. The van der Waals surface area contributed by atoms with Crippen molar-refractivity contribution in [2.75, 3.05) is 12.4 Å². The highest BCUT2D eigenvalue weighted by Gasteiger charge is 2.16. The Bertz CT molecular complexity index is 1880. The van der Waals surface area contributed by atoms with Crippen molar-refractivity contribution in [1.29, 1.82) is 0 Å². The number of imidazole rings is 1. The van der Waals surface area contributed by atoms with Crippen molar-refractivity contribution in [2.24, 2.45) is 7.05 Å². The molecule has 0 radical (unpaired) electrons. The highest BCUT2D eigenvalue weighted by molar-refractivity contribution is 7.22. The van der Waals surface area contributed by atoms with E-state index in [1.807, 2.05) is 48.5 Å². The molecule has 0 atom stereocenters. The lowest BCUT2D eigenvalue weighted by atomic mass is 10.0. The molecular formula is C28H23N5O3S. The second-order valence-corrected chi connectivity index (χ2v) is 9.91. The zero-order valence-corrected chi connectivity index (χ0v) is 21.3. The van der Waals surface area contributed by atoms with E-state index < -0.39 is 0 Å². The minimum atomic E-state index is -0.145. The Morgan fingerprint density at radius 3 is 2.49 bits per heavy atom. The summed E-state index contributed by atoms with van der Waals surface area (Å²) in [4.78, 5) is 33.8. The first kappa shape index (κ1) is 22.9. The number of aromatic nitrogens is 4. The molecule has 0 bridgehead atoms. The highest BCUT2D eigenvalue weighted by Crippen LogP contribution is 2.33. The van der Waals surface area contributed by atoms with Crippen LogP contribution in [0.1, 0.15) is 12.5 Å². The van der Waals surface area contributed by atoms with Crippen LogP contribution in [0, 0.1) is 0 Å². The van der Waals surface area contributed by atoms with Gasteiger partial charge in [0.05, 0.1) is 46.6 Å². The summed E-state index contributed by atoms with van der Waals surface area (Å²) < 4.78 is 9.70. The normalized spacial score (nSPS) is 11.4. The predicted octanol–water partition coefficient (Wildman–Crippen LogP) is 5.18. The lowest BCUT2D eigenvalue weighted by molar-refractivity contribution is -0.114. The molecule has 0 aliphatic heterocycles. The quantitative estimate of drug-likeness (QED) is 0.346. The van der Waals surface area contributed by atoms with Gasteiger partial charge in [-0.15, -0.1) is 0 Å². The number of anilines is 1. The maximum Gasteiger partial charge on any atom is 0.329 e. The molecule has 6 rings (SSSR count). The number of methoxy groups -OCH3 is 1. The first-order chi connectivity index (χ1) is 17.9. The van der Waals surface area contributed by atoms with Crippen molar-refractivity contribution in [2.45, 2.75) is 13.5 Å². The second kappa shape index (κ2) is 8.86. The minimum absolute atomic E-state index is 0.0953. The number of hydrogen-bond acceptors (Lipinski definition) is 6. The number of carbonyl (C=O) groups excluding carboxylic acids is 1. The third kappa shape index (κ3) is 4.03. The SMILES string of the molecule is COc1ccc(Cn2c(=O)n(C)c3cnc4ccc(-c5ccc6nc(NC(C)=O)sc6c5)cc4c32)cc1. The van der Waals surface area contributed by atoms with Gasteiger partial charge in [0.1, 0.15) is 5.75 Å². The van der Waals surface area contributed by atoms with Gasteiger partial charge in [0.25, 0.3) is 0 Å². The van der Waals surface area contributed by atoms with Gasteiger partial charge in [-0.25, -0.2) is 9.78 Å². The summed E-state index contributed by atoms with van der Waals surface area (Å²) >= 11 is 1.44. The maximum absolute atomic E-state index is 13.3. The van der Waals surface area contributed by atoms with E-state index in [4.69, 9.17) is 4.74 Å². The van der Waals surface area contributed by atoms with Crippen molar-refractivity contribution in [3.8, 4) is 16.9 Å². The number of fused-ring (bicyclic) bond motifs is 4. The number of aryl methyl sites for hydroxylation is 1. The Hall–Kier alpha value is -4.50. The van der Waals surface area contributed by atoms with Crippen molar-refractivity contribution < 1.29 is 9.53 Å². The van der Waals surface area contributed by atoms with Gasteiger partial charge in [0.2, 0.25) is 5.91 Å². The van der Waals surface area contributed by atoms with E-state index in [0.717, 1.165) is 54.6 Å². The van der Waals surface area contributed by atoms with Crippen molar-refractivity contribution >= 4 is 54.5 Å². The predicted molar refractivity (Wildman–Crippen MR) is 147 cm³/mol. The number of carbonyl (C=O) groups is 1. The van der Waals surface area contributed by atoms with E-state index in [0.29, 0.717) is 11.7 Å². The topological polar surface area (TPSA) is 91.0 Å². The zero-order valence-electron chi connectivity index (χ0n) is 20.5. The Morgan fingerprint density at radius 2 is 1.76 bits per heavy atom. The Labute approximate surface area is 215 Å². The fourth-order valence-electron chi connectivity index (χ4n) is 4.62. The average Bonchev–Trinajstić information content (AvgIpc) is 3.41. The standard InChI is InChI=1S/C28H23N5O3S/c1-16(34)30-27-31-23-11-7-19(13-25(23)37-27)18-6-10-22-21(12-18)26-24(14-29-22)32(2)28(35)33(26)15-17-4-8-20(36-3)9-5-17/h4-14H,15H2,1-3H3,(H,30,31,34). The van der Waals surface area contributed by atoms with Crippen LogP contribution in [0.3, 0.4) is 0 Å². The van der Waals surface area contributed by atoms with E-state index >= 15 is 0 Å². The van der Waals surface area contributed by atoms with Crippen LogP contribution in [-0.4, -0.2) is 32.1 Å². The van der Waals surface area contributed by atoms with Gasteiger partial charge in [-0.1, -0.05) is 35.6 Å². The number of thiazole rings is 1. The summed E-state index contributed by atoms with van der Waals surface area (Å²) in [6, 6.07) is 19.9. The molecule has 184 valence electrons. The molecule has 8 nitrogen and oxygen atoms in total. The molecule has 1 amide bonds. The second-order valence-electron chi connectivity index (χ2n) is 8.88. The van der Waals surface area contributed by atoms with Gasteiger partial charge in [-0.3, -0.25) is 18.9 Å². The monoisotopic (exact) mass is 509 g/mol. The van der Waals surface area contributed by atoms with Crippen LogP contribution in [0.5, 0.6) is 5.75 Å². The molecule has 37 heavy (non-hydrogen) atoms. The van der Waals surface area contributed by atoms with Gasteiger partial charge in [-0.05, 0) is 53.1 Å².